The van der Waals surface area contributed by atoms with E-state index in [9.17, 15) is 4.39 Å². The third-order valence-corrected chi connectivity index (χ3v) is 3.32. The SMILES string of the molecule is Fc1ccc(N2CCN(CCBr)CC2)cc1. The van der Waals surface area contributed by atoms with Crippen LogP contribution >= 0.6 is 15.9 Å². The minimum absolute atomic E-state index is 0.165. The number of alkyl halides is 1. The summed E-state index contributed by atoms with van der Waals surface area (Å²) in [6.45, 7) is 5.33. The number of piperazine rings is 1. The van der Waals surface area contributed by atoms with Gasteiger partial charge in [-0.3, -0.25) is 4.90 Å². The van der Waals surface area contributed by atoms with Gasteiger partial charge in [-0.25, -0.2) is 4.39 Å². The number of hydrogen-bond donors (Lipinski definition) is 0. The van der Waals surface area contributed by atoms with Gasteiger partial charge in [-0.1, -0.05) is 15.9 Å². The van der Waals surface area contributed by atoms with Gasteiger partial charge in [0.15, 0.2) is 0 Å². The van der Waals surface area contributed by atoms with Crippen LogP contribution < -0.4 is 4.90 Å². The first-order valence-electron chi connectivity index (χ1n) is 5.58. The maximum Gasteiger partial charge on any atom is 0.123 e. The van der Waals surface area contributed by atoms with Gasteiger partial charge in [0.1, 0.15) is 5.82 Å². The van der Waals surface area contributed by atoms with E-state index in [1.54, 1.807) is 0 Å². The number of benzene rings is 1. The minimum atomic E-state index is -0.165. The van der Waals surface area contributed by atoms with E-state index in [1.807, 2.05) is 12.1 Å². The summed E-state index contributed by atoms with van der Waals surface area (Å²) in [5.74, 6) is -0.165. The van der Waals surface area contributed by atoms with E-state index in [-0.39, 0.29) is 5.82 Å². The van der Waals surface area contributed by atoms with E-state index < -0.39 is 0 Å². The Kier molecular flexibility index (Phi) is 4.18. The van der Waals surface area contributed by atoms with E-state index in [4.69, 9.17) is 0 Å². The summed E-state index contributed by atoms with van der Waals surface area (Å²) in [6, 6.07) is 6.77. The van der Waals surface area contributed by atoms with Crippen molar-refractivity contribution in [2.45, 2.75) is 0 Å². The second-order valence-electron chi connectivity index (χ2n) is 3.99. The van der Waals surface area contributed by atoms with Crippen LogP contribution in [-0.2, 0) is 0 Å². The van der Waals surface area contributed by atoms with Gasteiger partial charge >= 0.3 is 0 Å². The first-order chi connectivity index (χ1) is 7.79. The maximum absolute atomic E-state index is 12.8. The van der Waals surface area contributed by atoms with Gasteiger partial charge in [-0.05, 0) is 24.3 Å². The Labute approximate surface area is 104 Å². The Morgan fingerprint density at radius 1 is 1.06 bits per heavy atom. The average Bonchev–Trinajstić information content (AvgIpc) is 2.32. The Morgan fingerprint density at radius 3 is 2.25 bits per heavy atom. The highest BCUT2D eigenvalue weighted by atomic mass is 79.9. The van der Waals surface area contributed by atoms with E-state index >= 15 is 0 Å². The molecule has 0 atom stereocenters. The molecular weight excluding hydrogens is 271 g/mol. The van der Waals surface area contributed by atoms with Crippen LogP contribution in [0.3, 0.4) is 0 Å². The third-order valence-electron chi connectivity index (χ3n) is 2.96. The summed E-state index contributed by atoms with van der Waals surface area (Å²) in [7, 11) is 0. The molecule has 0 amide bonds. The van der Waals surface area contributed by atoms with Crippen LogP contribution in [0.25, 0.3) is 0 Å². The van der Waals surface area contributed by atoms with E-state index in [0.717, 1.165) is 43.7 Å². The number of halogens is 2. The lowest BCUT2D eigenvalue weighted by molar-refractivity contribution is 0.274. The smallest absolute Gasteiger partial charge is 0.123 e. The summed E-state index contributed by atoms with van der Waals surface area (Å²) in [4.78, 5) is 4.75. The lowest BCUT2D eigenvalue weighted by atomic mass is 10.2. The van der Waals surface area contributed by atoms with E-state index in [0.29, 0.717) is 0 Å². The minimum Gasteiger partial charge on any atom is -0.369 e. The monoisotopic (exact) mass is 286 g/mol. The van der Waals surface area contributed by atoms with Crippen molar-refractivity contribution in [1.82, 2.24) is 4.90 Å². The number of nitrogens with zero attached hydrogens (tertiary/aromatic N) is 2. The van der Waals surface area contributed by atoms with Crippen molar-refractivity contribution < 1.29 is 4.39 Å². The standard InChI is InChI=1S/C12H16BrFN2/c13-5-6-15-7-9-16(10-8-15)12-3-1-11(14)2-4-12/h1-4H,5-10H2. The topological polar surface area (TPSA) is 6.48 Å². The maximum atomic E-state index is 12.8. The summed E-state index contributed by atoms with van der Waals surface area (Å²) >= 11 is 3.46. The largest absolute Gasteiger partial charge is 0.369 e. The molecule has 0 N–H and O–H groups in total. The molecule has 0 radical (unpaired) electrons. The molecule has 4 heteroatoms. The zero-order valence-electron chi connectivity index (χ0n) is 9.20. The Hall–Kier alpha value is -0.610. The first-order valence-corrected chi connectivity index (χ1v) is 6.70. The molecule has 0 spiro atoms. The van der Waals surface area contributed by atoms with Gasteiger partial charge in [0.25, 0.3) is 0 Å². The molecule has 1 heterocycles. The van der Waals surface area contributed by atoms with Gasteiger partial charge in [0, 0.05) is 43.7 Å². The summed E-state index contributed by atoms with van der Waals surface area (Å²) in [6.07, 6.45) is 0. The van der Waals surface area contributed by atoms with Crippen molar-refractivity contribution in [2.24, 2.45) is 0 Å². The lowest BCUT2D eigenvalue weighted by Gasteiger charge is -2.35. The van der Waals surface area contributed by atoms with Crippen molar-refractivity contribution >= 4 is 21.6 Å². The average molecular weight is 287 g/mol. The Balaban J connectivity index is 1.91. The van der Waals surface area contributed by atoms with Crippen molar-refractivity contribution in [2.75, 3.05) is 43.0 Å². The third kappa shape index (κ3) is 2.95. The normalized spacial score (nSPS) is 17.8. The fourth-order valence-electron chi connectivity index (χ4n) is 2.00. The summed E-state index contributed by atoms with van der Waals surface area (Å²) in [5.41, 5.74) is 1.12. The molecule has 0 aliphatic carbocycles. The highest BCUT2D eigenvalue weighted by Crippen LogP contribution is 2.16. The van der Waals surface area contributed by atoms with Crippen LogP contribution in [0.2, 0.25) is 0 Å². The zero-order chi connectivity index (χ0) is 11.4. The molecule has 1 aliphatic rings. The van der Waals surface area contributed by atoms with Crippen LogP contribution in [0.5, 0.6) is 0 Å². The van der Waals surface area contributed by atoms with Crippen LogP contribution in [0, 0.1) is 5.82 Å². The number of hydrogen-bond acceptors (Lipinski definition) is 2. The Bertz CT molecular complexity index is 320. The van der Waals surface area contributed by atoms with Gasteiger partial charge in [-0.15, -0.1) is 0 Å². The molecule has 0 aromatic heterocycles. The molecular formula is C12H16BrFN2. The molecule has 0 unspecified atom stereocenters. The number of rotatable bonds is 3. The molecule has 1 fully saturated rings. The quantitative estimate of drug-likeness (QED) is 0.787. The van der Waals surface area contributed by atoms with E-state index in [1.165, 1.54) is 12.1 Å². The molecule has 88 valence electrons. The van der Waals surface area contributed by atoms with Crippen molar-refractivity contribution in [1.29, 1.82) is 0 Å². The van der Waals surface area contributed by atoms with Crippen molar-refractivity contribution in [3.63, 3.8) is 0 Å². The Morgan fingerprint density at radius 2 is 1.69 bits per heavy atom. The highest BCUT2D eigenvalue weighted by Gasteiger charge is 2.16. The van der Waals surface area contributed by atoms with Crippen LogP contribution in [0.4, 0.5) is 10.1 Å². The van der Waals surface area contributed by atoms with Crippen LogP contribution in [-0.4, -0.2) is 43.0 Å². The van der Waals surface area contributed by atoms with Crippen LogP contribution in [0.1, 0.15) is 0 Å². The fraction of sp³-hybridized carbons (Fsp3) is 0.500. The van der Waals surface area contributed by atoms with Gasteiger partial charge in [-0.2, -0.15) is 0 Å². The summed E-state index contributed by atoms with van der Waals surface area (Å²) in [5, 5.41) is 1.03. The second-order valence-corrected chi connectivity index (χ2v) is 4.79. The predicted molar refractivity (Wildman–Crippen MR) is 68.8 cm³/mol. The molecule has 1 aliphatic heterocycles. The molecule has 0 saturated carbocycles. The number of anilines is 1. The molecule has 1 saturated heterocycles. The molecule has 2 nitrogen and oxygen atoms in total. The van der Waals surface area contributed by atoms with E-state index in [2.05, 4.69) is 25.7 Å². The second kappa shape index (κ2) is 5.64. The van der Waals surface area contributed by atoms with Crippen molar-refractivity contribution in [3.05, 3.63) is 30.1 Å². The summed E-state index contributed by atoms with van der Waals surface area (Å²) < 4.78 is 12.8. The lowest BCUT2D eigenvalue weighted by Crippen LogP contribution is -2.46. The molecule has 1 aromatic rings. The predicted octanol–water partition coefficient (Wildman–Crippen LogP) is 2.34. The molecule has 16 heavy (non-hydrogen) atoms. The molecule has 1 aromatic carbocycles. The first kappa shape index (κ1) is 11.9. The van der Waals surface area contributed by atoms with Gasteiger partial charge < -0.3 is 4.90 Å². The highest BCUT2D eigenvalue weighted by molar-refractivity contribution is 9.09. The zero-order valence-corrected chi connectivity index (χ0v) is 10.8. The molecule has 0 bridgehead atoms. The van der Waals surface area contributed by atoms with Crippen LogP contribution in [0.15, 0.2) is 24.3 Å². The van der Waals surface area contributed by atoms with Gasteiger partial charge in [0.2, 0.25) is 0 Å². The van der Waals surface area contributed by atoms with Gasteiger partial charge in [0.05, 0.1) is 0 Å². The van der Waals surface area contributed by atoms with Crippen molar-refractivity contribution in [3.8, 4) is 0 Å². The fourth-order valence-corrected chi connectivity index (χ4v) is 2.50. The molecule has 2 rings (SSSR count).